The van der Waals surface area contributed by atoms with Crippen LogP contribution in [0.4, 0.5) is 0 Å². The zero-order valence-electron chi connectivity index (χ0n) is 9.07. The van der Waals surface area contributed by atoms with Crippen LogP contribution >= 0.6 is 27.3 Å². The molecule has 0 aromatic carbocycles. The van der Waals surface area contributed by atoms with E-state index >= 15 is 0 Å². The topological polar surface area (TPSA) is 51.8 Å². The van der Waals surface area contributed by atoms with E-state index in [-0.39, 0.29) is 6.04 Å². The van der Waals surface area contributed by atoms with Crippen molar-refractivity contribution in [2.45, 2.75) is 19.9 Å². The molecule has 2 N–H and O–H groups in total. The van der Waals surface area contributed by atoms with Gasteiger partial charge in [-0.05, 0) is 41.9 Å². The van der Waals surface area contributed by atoms with E-state index in [0.717, 1.165) is 25.7 Å². The van der Waals surface area contributed by atoms with Gasteiger partial charge >= 0.3 is 0 Å². The van der Waals surface area contributed by atoms with E-state index in [9.17, 15) is 0 Å². The first-order valence-electron chi connectivity index (χ1n) is 4.93. The van der Waals surface area contributed by atoms with Gasteiger partial charge in [0, 0.05) is 21.6 Å². The smallest absolute Gasteiger partial charge is 0.143 e. The van der Waals surface area contributed by atoms with Gasteiger partial charge in [-0.3, -0.25) is 4.98 Å². The summed E-state index contributed by atoms with van der Waals surface area (Å²) in [6.07, 6.45) is 1.77. The Morgan fingerprint density at radius 3 is 2.81 bits per heavy atom. The summed E-state index contributed by atoms with van der Waals surface area (Å²) in [6.45, 7) is 3.95. The molecule has 84 valence electrons. The van der Waals surface area contributed by atoms with Crippen LogP contribution < -0.4 is 5.73 Å². The number of pyridine rings is 1. The molecule has 0 saturated carbocycles. The van der Waals surface area contributed by atoms with Crippen LogP contribution in [0, 0.1) is 6.92 Å². The van der Waals surface area contributed by atoms with Crippen molar-refractivity contribution in [3.63, 3.8) is 0 Å². The molecular weight excluding hydrogens is 286 g/mol. The lowest BCUT2D eigenvalue weighted by molar-refractivity contribution is 0.825. The summed E-state index contributed by atoms with van der Waals surface area (Å²) in [5, 5.41) is 0.914. The predicted molar refractivity (Wildman–Crippen MR) is 70.4 cm³/mol. The molecule has 2 heterocycles. The second kappa shape index (κ2) is 4.61. The maximum Gasteiger partial charge on any atom is 0.143 e. The zero-order chi connectivity index (χ0) is 11.7. The number of aryl methyl sites for hydroxylation is 1. The van der Waals surface area contributed by atoms with E-state index in [4.69, 9.17) is 5.73 Å². The minimum Gasteiger partial charge on any atom is -0.323 e. The number of halogens is 1. The first kappa shape index (κ1) is 11.7. The minimum atomic E-state index is 0.0220. The maximum atomic E-state index is 5.88. The van der Waals surface area contributed by atoms with Crippen molar-refractivity contribution in [2.75, 3.05) is 0 Å². The molecule has 2 rings (SSSR count). The number of rotatable bonds is 2. The third kappa shape index (κ3) is 2.16. The van der Waals surface area contributed by atoms with Crippen molar-refractivity contribution in [2.24, 2.45) is 5.73 Å². The monoisotopic (exact) mass is 297 g/mol. The van der Waals surface area contributed by atoms with Crippen molar-refractivity contribution >= 4 is 27.3 Å². The number of thiazole rings is 1. The summed E-state index contributed by atoms with van der Waals surface area (Å²) in [5.41, 5.74) is 7.75. The Kier molecular flexibility index (Phi) is 3.37. The molecule has 0 aliphatic rings. The fourth-order valence-corrected chi connectivity index (χ4v) is 3.08. The molecule has 0 spiro atoms. The normalized spacial score (nSPS) is 12.8. The molecule has 0 aliphatic heterocycles. The highest BCUT2D eigenvalue weighted by Gasteiger charge is 2.14. The van der Waals surface area contributed by atoms with Crippen LogP contribution in [-0.2, 0) is 0 Å². The summed E-state index contributed by atoms with van der Waals surface area (Å²) in [7, 11) is 0. The second-order valence-corrected chi connectivity index (χ2v) is 5.48. The van der Waals surface area contributed by atoms with Gasteiger partial charge in [-0.1, -0.05) is 0 Å². The van der Waals surface area contributed by atoms with Crippen molar-refractivity contribution in [3.05, 3.63) is 33.4 Å². The molecule has 0 radical (unpaired) electrons. The van der Waals surface area contributed by atoms with Crippen molar-refractivity contribution in [3.8, 4) is 10.7 Å². The maximum absolute atomic E-state index is 5.88. The van der Waals surface area contributed by atoms with Gasteiger partial charge in [0.15, 0.2) is 0 Å². The SMILES string of the molecule is Cc1nc(-c2ncccc2Br)sc1C(C)N. The molecule has 0 aliphatic carbocycles. The molecule has 0 bridgehead atoms. The van der Waals surface area contributed by atoms with Crippen molar-refractivity contribution < 1.29 is 0 Å². The van der Waals surface area contributed by atoms with Crippen molar-refractivity contribution in [1.82, 2.24) is 9.97 Å². The lowest BCUT2D eigenvalue weighted by Gasteiger charge is -2.00. The molecular formula is C11H12BrN3S. The molecule has 16 heavy (non-hydrogen) atoms. The van der Waals surface area contributed by atoms with Crippen LogP contribution in [0.15, 0.2) is 22.8 Å². The van der Waals surface area contributed by atoms with Crippen LogP contribution in [0.3, 0.4) is 0 Å². The average Bonchev–Trinajstić information content (AvgIpc) is 2.61. The van der Waals surface area contributed by atoms with Crippen LogP contribution in [0.25, 0.3) is 10.7 Å². The van der Waals surface area contributed by atoms with Gasteiger partial charge in [0.1, 0.15) is 10.7 Å². The Labute approximate surface area is 107 Å². The van der Waals surface area contributed by atoms with Gasteiger partial charge in [0.05, 0.1) is 5.69 Å². The number of nitrogens with two attached hydrogens (primary N) is 1. The largest absolute Gasteiger partial charge is 0.323 e. The molecule has 5 heteroatoms. The quantitative estimate of drug-likeness (QED) is 0.925. The van der Waals surface area contributed by atoms with E-state index in [2.05, 4.69) is 25.9 Å². The van der Waals surface area contributed by atoms with Crippen LogP contribution in [0.1, 0.15) is 23.5 Å². The molecule has 3 nitrogen and oxygen atoms in total. The van der Waals surface area contributed by atoms with Gasteiger partial charge in [-0.15, -0.1) is 11.3 Å². The summed E-state index contributed by atoms with van der Waals surface area (Å²) in [5.74, 6) is 0. The molecule has 1 atom stereocenters. The van der Waals surface area contributed by atoms with Gasteiger partial charge < -0.3 is 5.73 Å². The summed E-state index contributed by atoms with van der Waals surface area (Å²) in [6, 6.07) is 3.87. The summed E-state index contributed by atoms with van der Waals surface area (Å²) < 4.78 is 0.958. The molecule has 0 saturated heterocycles. The lowest BCUT2D eigenvalue weighted by Crippen LogP contribution is -2.03. The minimum absolute atomic E-state index is 0.0220. The van der Waals surface area contributed by atoms with E-state index in [1.54, 1.807) is 17.5 Å². The number of nitrogens with zero attached hydrogens (tertiary/aromatic N) is 2. The fraction of sp³-hybridized carbons (Fsp3) is 0.273. The number of hydrogen-bond donors (Lipinski definition) is 1. The highest BCUT2D eigenvalue weighted by atomic mass is 79.9. The fourth-order valence-electron chi connectivity index (χ4n) is 1.48. The van der Waals surface area contributed by atoms with E-state index in [1.807, 2.05) is 26.0 Å². The lowest BCUT2D eigenvalue weighted by atomic mass is 10.2. The van der Waals surface area contributed by atoms with Crippen molar-refractivity contribution in [1.29, 1.82) is 0 Å². The van der Waals surface area contributed by atoms with Gasteiger partial charge in [0.25, 0.3) is 0 Å². The van der Waals surface area contributed by atoms with E-state index < -0.39 is 0 Å². The third-order valence-corrected chi connectivity index (χ3v) is 4.21. The van der Waals surface area contributed by atoms with E-state index in [1.165, 1.54) is 0 Å². The number of aromatic nitrogens is 2. The predicted octanol–water partition coefficient (Wildman–Crippen LogP) is 3.30. The summed E-state index contributed by atoms with van der Waals surface area (Å²) in [4.78, 5) is 9.95. The molecule has 2 aromatic rings. The van der Waals surface area contributed by atoms with Crippen LogP contribution in [-0.4, -0.2) is 9.97 Å². The Morgan fingerprint density at radius 2 is 2.25 bits per heavy atom. The van der Waals surface area contributed by atoms with E-state index in [0.29, 0.717) is 0 Å². The first-order chi connectivity index (χ1) is 7.59. The zero-order valence-corrected chi connectivity index (χ0v) is 11.5. The molecule has 0 amide bonds. The third-order valence-electron chi connectivity index (χ3n) is 2.21. The van der Waals surface area contributed by atoms with Gasteiger partial charge in [-0.25, -0.2) is 4.98 Å². The van der Waals surface area contributed by atoms with Gasteiger partial charge in [0.2, 0.25) is 0 Å². The standard InChI is InChI=1S/C11H12BrN3S/c1-6(13)10-7(2)15-11(16-10)9-8(12)4-3-5-14-9/h3-6H,13H2,1-2H3. The Bertz CT molecular complexity index is 508. The Morgan fingerprint density at radius 1 is 1.50 bits per heavy atom. The molecule has 0 fully saturated rings. The number of hydrogen-bond acceptors (Lipinski definition) is 4. The summed E-state index contributed by atoms with van der Waals surface area (Å²) >= 11 is 5.08. The molecule has 1 unspecified atom stereocenters. The molecule has 2 aromatic heterocycles. The highest BCUT2D eigenvalue weighted by Crippen LogP contribution is 2.33. The average molecular weight is 298 g/mol. The second-order valence-electron chi connectivity index (χ2n) is 3.59. The van der Waals surface area contributed by atoms with Gasteiger partial charge in [-0.2, -0.15) is 0 Å². The Hall–Kier alpha value is -0.780. The first-order valence-corrected chi connectivity index (χ1v) is 6.54. The Balaban J connectivity index is 2.50. The van der Waals surface area contributed by atoms with Crippen LogP contribution in [0.5, 0.6) is 0 Å². The highest BCUT2D eigenvalue weighted by molar-refractivity contribution is 9.10. The van der Waals surface area contributed by atoms with Crippen LogP contribution in [0.2, 0.25) is 0 Å².